The van der Waals surface area contributed by atoms with Gasteiger partial charge in [0.2, 0.25) is 5.95 Å². The van der Waals surface area contributed by atoms with E-state index in [1.807, 2.05) is 30.5 Å². The first-order valence-corrected chi connectivity index (χ1v) is 15.7. The highest BCUT2D eigenvalue weighted by Gasteiger charge is 2.34. The monoisotopic (exact) mass is 660 g/mol. The first-order chi connectivity index (χ1) is 23.0. The Bertz CT molecular complexity index is 1790. The Kier molecular flexibility index (Phi) is 11.1. The number of carbonyl (C=O) groups excluding carboxylic acids is 1. The third kappa shape index (κ3) is 8.97. The van der Waals surface area contributed by atoms with Crippen LogP contribution in [0.4, 0.5) is 30.5 Å². The van der Waals surface area contributed by atoms with Crippen LogP contribution in [0, 0.1) is 25.7 Å². The van der Waals surface area contributed by atoms with Gasteiger partial charge in [0.05, 0.1) is 28.7 Å². The first-order valence-electron chi connectivity index (χ1n) is 15.7. The van der Waals surface area contributed by atoms with Gasteiger partial charge in [0.25, 0.3) is 5.91 Å². The van der Waals surface area contributed by atoms with Gasteiger partial charge in [0.15, 0.2) is 0 Å². The van der Waals surface area contributed by atoms with Crippen LogP contribution < -0.4 is 10.6 Å². The molecule has 0 saturated carbocycles. The zero-order chi connectivity index (χ0) is 34.3. The molecule has 1 amide bonds. The molecule has 2 aromatic heterocycles. The summed E-state index contributed by atoms with van der Waals surface area (Å²) < 4.78 is 49.1. The van der Waals surface area contributed by atoms with Crippen LogP contribution in [-0.4, -0.2) is 82.4 Å². The summed E-state index contributed by atoms with van der Waals surface area (Å²) in [6.45, 7) is 8.42. The molecule has 5 rings (SSSR count). The van der Waals surface area contributed by atoms with E-state index in [4.69, 9.17) is 4.74 Å². The number of benzene rings is 2. The smallest absolute Gasteiger partial charge is 0.385 e. The lowest BCUT2D eigenvalue weighted by molar-refractivity contribution is -0.138. The number of methoxy groups -OCH3 is 1. The van der Waals surface area contributed by atoms with Crippen LogP contribution >= 0.6 is 0 Å². The molecular weight excluding hydrogens is 621 g/mol. The molecule has 48 heavy (non-hydrogen) atoms. The number of amides is 1. The van der Waals surface area contributed by atoms with Crippen LogP contribution in [0.3, 0.4) is 0 Å². The number of aryl methyl sites for hydroxylation is 2. The molecule has 1 saturated heterocycles. The van der Waals surface area contributed by atoms with E-state index in [0.717, 1.165) is 49.1 Å². The fraction of sp³-hybridized carbons (Fsp3) is 0.371. The van der Waals surface area contributed by atoms with Crippen molar-refractivity contribution in [2.24, 2.45) is 0 Å². The Morgan fingerprint density at radius 2 is 1.75 bits per heavy atom. The number of aromatic nitrogens is 4. The fourth-order valence-electron chi connectivity index (χ4n) is 5.27. The summed E-state index contributed by atoms with van der Waals surface area (Å²) in [6, 6.07) is 8.96. The molecule has 1 aliphatic heterocycles. The van der Waals surface area contributed by atoms with Crippen LogP contribution in [0.15, 0.2) is 55.0 Å². The summed E-state index contributed by atoms with van der Waals surface area (Å²) in [5.41, 5.74) is 3.54. The highest BCUT2D eigenvalue weighted by Crippen LogP contribution is 2.35. The summed E-state index contributed by atoms with van der Waals surface area (Å²) in [7, 11) is 3.67. The number of hydrogen-bond donors (Lipinski definition) is 2. The van der Waals surface area contributed by atoms with E-state index in [1.165, 1.54) is 12.1 Å². The molecule has 3 heterocycles. The molecule has 1 aliphatic rings. The van der Waals surface area contributed by atoms with Gasteiger partial charge >= 0.3 is 6.18 Å². The summed E-state index contributed by atoms with van der Waals surface area (Å²) in [5.74, 6) is 5.95. The van der Waals surface area contributed by atoms with Crippen LogP contribution in [0.2, 0.25) is 0 Å². The number of likely N-dealkylation sites (N-methyl/N-ethyl adjacent to an activating group) is 1. The Labute approximate surface area is 278 Å². The van der Waals surface area contributed by atoms with Crippen LogP contribution in [0.1, 0.15) is 50.3 Å². The number of ether oxygens (including phenoxy) is 1. The lowest BCUT2D eigenvalue weighted by Crippen LogP contribution is -2.44. The number of carbonyl (C=O) groups is 1. The van der Waals surface area contributed by atoms with E-state index < -0.39 is 17.6 Å². The van der Waals surface area contributed by atoms with Crippen molar-refractivity contribution in [2.45, 2.75) is 39.5 Å². The molecule has 2 N–H and O–H groups in total. The van der Waals surface area contributed by atoms with Gasteiger partial charge in [-0.25, -0.2) is 9.97 Å². The number of rotatable bonds is 10. The maximum absolute atomic E-state index is 14.0. The molecule has 0 atom stereocenters. The minimum atomic E-state index is -4.56. The van der Waals surface area contributed by atoms with Gasteiger partial charge in [-0.15, -0.1) is 0 Å². The quantitative estimate of drug-likeness (QED) is 0.170. The van der Waals surface area contributed by atoms with Crippen LogP contribution in [0.25, 0.3) is 0 Å². The van der Waals surface area contributed by atoms with Crippen molar-refractivity contribution in [3.63, 3.8) is 0 Å². The van der Waals surface area contributed by atoms with Crippen molar-refractivity contribution < 1.29 is 22.7 Å². The molecular formula is C35H39F3N8O2. The lowest BCUT2D eigenvalue weighted by Gasteiger charge is -2.33. The summed E-state index contributed by atoms with van der Waals surface area (Å²) in [5, 5.41) is 10.2. The molecule has 0 aliphatic carbocycles. The van der Waals surface area contributed by atoms with E-state index in [0.29, 0.717) is 36.8 Å². The molecule has 2 aromatic carbocycles. The predicted octanol–water partition coefficient (Wildman–Crippen LogP) is 5.49. The Morgan fingerprint density at radius 3 is 2.46 bits per heavy atom. The average Bonchev–Trinajstić information content (AvgIpc) is 3.40. The highest BCUT2D eigenvalue weighted by atomic mass is 19.4. The lowest BCUT2D eigenvalue weighted by atomic mass is 10.0. The fourth-order valence-corrected chi connectivity index (χ4v) is 5.27. The third-order valence-corrected chi connectivity index (χ3v) is 8.22. The second-order valence-electron chi connectivity index (χ2n) is 11.8. The molecule has 0 radical (unpaired) electrons. The van der Waals surface area contributed by atoms with Gasteiger partial charge < -0.3 is 20.3 Å². The highest BCUT2D eigenvalue weighted by molar-refractivity contribution is 6.04. The van der Waals surface area contributed by atoms with Crippen LogP contribution in [-0.2, 0) is 24.0 Å². The number of halogens is 3. The minimum absolute atomic E-state index is 0.0714. The number of nitrogens with zero attached hydrogens (tertiary/aromatic N) is 6. The topological polar surface area (TPSA) is 100 Å². The second-order valence-corrected chi connectivity index (χ2v) is 11.8. The number of nitrogens with one attached hydrogen (secondary N) is 2. The van der Waals surface area contributed by atoms with Gasteiger partial charge in [0.1, 0.15) is 0 Å². The molecule has 252 valence electrons. The molecule has 1 fully saturated rings. The van der Waals surface area contributed by atoms with Gasteiger partial charge in [-0.2, -0.15) is 18.3 Å². The molecule has 10 nitrogen and oxygen atoms in total. The molecule has 4 aromatic rings. The van der Waals surface area contributed by atoms with Crippen molar-refractivity contribution >= 4 is 23.2 Å². The van der Waals surface area contributed by atoms with E-state index >= 15 is 0 Å². The number of alkyl halides is 3. The first kappa shape index (κ1) is 34.6. The third-order valence-electron chi connectivity index (χ3n) is 8.22. The Morgan fingerprint density at radius 1 is 1.00 bits per heavy atom. The van der Waals surface area contributed by atoms with E-state index in [2.05, 4.69) is 42.4 Å². The Balaban J connectivity index is 1.24. The molecule has 0 spiro atoms. The zero-order valence-corrected chi connectivity index (χ0v) is 27.5. The van der Waals surface area contributed by atoms with Gasteiger partial charge in [0, 0.05) is 82.2 Å². The summed E-state index contributed by atoms with van der Waals surface area (Å²) in [4.78, 5) is 26.0. The maximum atomic E-state index is 14.0. The van der Waals surface area contributed by atoms with Crippen molar-refractivity contribution in [3.05, 3.63) is 94.1 Å². The minimum Gasteiger partial charge on any atom is -0.385 e. The predicted molar refractivity (Wildman–Crippen MR) is 178 cm³/mol. The van der Waals surface area contributed by atoms with Gasteiger partial charge in [-0.1, -0.05) is 24.0 Å². The van der Waals surface area contributed by atoms with E-state index in [9.17, 15) is 18.0 Å². The van der Waals surface area contributed by atoms with Crippen molar-refractivity contribution in [3.8, 4) is 11.8 Å². The Hall–Kier alpha value is -4.77. The molecule has 0 bridgehead atoms. The summed E-state index contributed by atoms with van der Waals surface area (Å²) >= 11 is 0. The molecule has 13 heteroatoms. The maximum Gasteiger partial charge on any atom is 0.416 e. The number of anilines is 3. The van der Waals surface area contributed by atoms with Crippen molar-refractivity contribution in [2.75, 3.05) is 57.6 Å². The average molecular weight is 661 g/mol. The normalized spacial score (nSPS) is 14.0. The van der Waals surface area contributed by atoms with Crippen LogP contribution in [0.5, 0.6) is 0 Å². The number of hydrogen-bond acceptors (Lipinski definition) is 8. The zero-order valence-electron chi connectivity index (χ0n) is 27.5. The standard InChI is InChI=1S/C35H39F3N8O2/c1-24-6-8-28(33(47)42-30-11-10-29(31(19-30)35(36,37)38)23-45-15-13-44(3)14-16-45)18-27(24)9-7-26-20-39-34(40-21-26)43-32-22-41-46(25(32)2)12-5-17-48-4/h6,8,10-11,18-22H,5,12-17,23H2,1-4H3,(H,42,47)(H,39,40,43). The van der Waals surface area contributed by atoms with Crippen molar-refractivity contribution in [1.82, 2.24) is 29.5 Å². The SMILES string of the molecule is COCCCn1ncc(Nc2ncc(C#Cc3cc(C(=O)Nc4ccc(CN5CCN(C)CC5)c(C(F)(F)F)c4)ccc3C)cn2)c1C. The number of piperazine rings is 1. The summed E-state index contributed by atoms with van der Waals surface area (Å²) in [6.07, 6.45) is 1.21. The molecule has 0 unspecified atom stereocenters. The van der Waals surface area contributed by atoms with Crippen molar-refractivity contribution in [1.29, 1.82) is 0 Å². The largest absolute Gasteiger partial charge is 0.416 e. The van der Waals surface area contributed by atoms with Gasteiger partial charge in [-0.3, -0.25) is 14.4 Å². The second kappa shape index (κ2) is 15.4. The van der Waals surface area contributed by atoms with E-state index in [1.54, 1.807) is 43.9 Å². The van der Waals surface area contributed by atoms with E-state index in [-0.39, 0.29) is 23.4 Å². The van der Waals surface area contributed by atoms with Gasteiger partial charge in [-0.05, 0) is 62.7 Å².